The smallest absolute Gasteiger partial charge is 0.338 e. The van der Waals surface area contributed by atoms with Crippen molar-refractivity contribution in [3.05, 3.63) is 59.7 Å². The lowest BCUT2D eigenvalue weighted by molar-refractivity contribution is 0.0497. The summed E-state index contributed by atoms with van der Waals surface area (Å²) in [6.45, 7) is 2.55. The van der Waals surface area contributed by atoms with Crippen molar-refractivity contribution in [2.75, 3.05) is 11.9 Å². The van der Waals surface area contributed by atoms with Gasteiger partial charge in [-0.3, -0.25) is 0 Å². The van der Waals surface area contributed by atoms with E-state index in [1.807, 2.05) is 0 Å². The lowest BCUT2D eigenvalue weighted by Crippen LogP contribution is -2.06. The van der Waals surface area contributed by atoms with Gasteiger partial charge in [0.2, 0.25) is 0 Å². The maximum atomic E-state index is 11.9. The zero-order valence-electron chi connectivity index (χ0n) is 13.6. The fraction of sp³-hybridized carbons (Fsp3) is 0.263. The third-order valence-electron chi connectivity index (χ3n) is 3.52. The third-order valence-corrected chi connectivity index (χ3v) is 3.52. The summed E-state index contributed by atoms with van der Waals surface area (Å²) in [7, 11) is 0. The van der Waals surface area contributed by atoms with Crippen molar-refractivity contribution in [2.24, 2.45) is 0 Å². The molecule has 0 aliphatic rings. The third kappa shape index (κ3) is 5.12. The van der Waals surface area contributed by atoms with Crippen LogP contribution in [0.25, 0.3) is 0 Å². The Morgan fingerprint density at radius 2 is 1.46 bits per heavy atom. The monoisotopic (exact) mass is 327 g/mol. The van der Waals surface area contributed by atoms with Crippen LogP contribution in [-0.2, 0) is 4.74 Å². The minimum Gasteiger partial charge on any atom is -0.478 e. The van der Waals surface area contributed by atoms with Crippen LogP contribution >= 0.6 is 0 Å². The Hall–Kier alpha value is -2.82. The second kappa shape index (κ2) is 8.72. The number of hydrogen-bond acceptors (Lipinski definition) is 4. The van der Waals surface area contributed by atoms with Crippen LogP contribution in [0.5, 0.6) is 0 Å². The Bertz CT molecular complexity index is 678. The molecule has 0 heterocycles. The molecule has 0 aliphatic heterocycles. The number of carbonyl (C=O) groups is 2. The number of carboxylic acids is 1. The summed E-state index contributed by atoms with van der Waals surface area (Å²) < 4.78 is 5.21. The van der Waals surface area contributed by atoms with Gasteiger partial charge in [-0.2, -0.15) is 0 Å². The number of ether oxygens (including phenoxy) is 1. The molecule has 2 aromatic rings. The number of rotatable bonds is 8. The predicted octanol–water partition coefficient (Wildman–Crippen LogP) is 4.48. The van der Waals surface area contributed by atoms with Gasteiger partial charge < -0.3 is 15.2 Å². The van der Waals surface area contributed by atoms with Crippen molar-refractivity contribution >= 4 is 23.3 Å². The van der Waals surface area contributed by atoms with E-state index >= 15 is 0 Å². The molecule has 5 heteroatoms. The van der Waals surface area contributed by atoms with Crippen LogP contribution < -0.4 is 5.32 Å². The fourth-order valence-electron chi connectivity index (χ4n) is 2.15. The van der Waals surface area contributed by atoms with Gasteiger partial charge in [0.15, 0.2) is 0 Å². The van der Waals surface area contributed by atoms with Gasteiger partial charge in [0.25, 0.3) is 0 Å². The van der Waals surface area contributed by atoms with E-state index in [2.05, 4.69) is 12.2 Å². The largest absolute Gasteiger partial charge is 0.478 e. The molecule has 0 bridgehead atoms. The SMILES string of the molecule is CCCCCOC(=O)c1ccc(Nc2ccc(C(=O)O)cc2)cc1. The number of benzene rings is 2. The van der Waals surface area contributed by atoms with Crippen molar-refractivity contribution in [3.8, 4) is 0 Å². The van der Waals surface area contributed by atoms with Gasteiger partial charge in [0.1, 0.15) is 0 Å². The first kappa shape index (κ1) is 17.5. The van der Waals surface area contributed by atoms with Crippen LogP contribution in [0.3, 0.4) is 0 Å². The topological polar surface area (TPSA) is 75.6 Å². The Morgan fingerprint density at radius 1 is 0.917 bits per heavy atom. The quantitative estimate of drug-likeness (QED) is 0.552. The van der Waals surface area contributed by atoms with Gasteiger partial charge in [0, 0.05) is 11.4 Å². The normalized spacial score (nSPS) is 10.2. The highest BCUT2D eigenvalue weighted by atomic mass is 16.5. The molecule has 0 saturated heterocycles. The molecule has 24 heavy (non-hydrogen) atoms. The van der Waals surface area contributed by atoms with Gasteiger partial charge in [0.05, 0.1) is 17.7 Å². The molecule has 0 fully saturated rings. The van der Waals surface area contributed by atoms with Crippen LogP contribution in [0.15, 0.2) is 48.5 Å². The van der Waals surface area contributed by atoms with Crippen LogP contribution in [0, 0.1) is 0 Å². The molecule has 0 saturated carbocycles. The number of anilines is 2. The average molecular weight is 327 g/mol. The van der Waals surface area contributed by atoms with Gasteiger partial charge in [-0.1, -0.05) is 19.8 Å². The van der Waals surface area contributed by atoms with E-state index in [1.54, 1.807) is 36.4 Å². The van der Waals surface area contributed by atoms with Crippen molar-refractivity contribution in [1.82, 2.24) is 0 Å². The molecule has 0 spiro atoms. The summed E-state index contributed by atoms with van der Waals surface area (Å²) in [4.78, 5) is 22.7. The second-order valence-electron chi connectivity index (χ2n) is 5.43. The van der Waals surface area contributed by atoms with Crippen molar-refractivity contribution in [2.45, 2.75) is 26.2 Å². The minimum atomic E-state index is -0.955. The highest BCUT2D eigenvalue weighted by Crippen LogP contribution is 2.18. The Labute approximate surface area is 141 Å². The summed E-state index contributed by atoms with van der Waals surface area (Å²) in [5.74, 6) is -1.27. The molecule has 0 amide bonds. The first-order chi connectivity index (χ1) is 11.6. The number of unbranched alkanes of at least 4 members (excludes halogenated alkanes) is 2. The molecule has 2 N–H and O–H groups in total. The molecular formula is C19H21NO4. The lowest BCUT2D eigenvalue weighted by atomic mass is 10.2. The van der Waals surface area contributed by atoms with E-state index in [4.69, 9.17) is 9.84 Å². The van der Waals surface area contributed by atoms with Crippen molar-refractivity contribution in [1.29, 1.82) is 0 Å². The number of carbonyl (C=O) groups excluding carboxylic acids is 1. The Morgan fingerprint density at radius 3 is 1.96 bits per heavy atom. The highest BCUT2D eigenvalue weighted by molar-refractivity contribution is 5.90. The summed E-state index contributed by atoms with van der Waals surface area (Å²) in [5.41, 5.74) is 2.33. The maximum Gasteiger partial charge on any atom is 0.338 e. The highest BCUT2D eigenvalue weighted by Gasteiger charge is 2.07. The van der Waals surface area contributed by atoms with Crippen LogP contribution in [0.2, 0.25) is 0 Å². The Kier molecular flexibility index (Phi) is 6.37. The van der Waals surface area contributed by atoms with E-state index < -0.39 is 5.97 Å². The van der Waals surface area contributed by atoms with E-state index in [0.717, 1.165) is 30.6 Å². The summed E-state index contributed by atoms with van der Waals surface area (Å²) in [6, 6.07) is 13.4. The standard InChI is InChI=1S/C19H21NO4/c1-2-3-4-13-24-19(23)15-7-11-17(12-8-15)20-16-9-5-14(6-10-16)18(21)22/h5-12,20H,2-4,13H2,1H3,(H,21,22). The molecule has 2 aromatic carbocycles. The van der Waals surface area contributed by atoms with Crippen LogP contribution in [0.1, 0.15) is 46.9 Å². The van der Waals surface area contributed by atoms with Crippen molar-refractivity contribution in [3.63, 3.8) is 0 Å². The lowest BCUT2D eigenvalue weighted by Gasteiger charge is -2.08. The molecule has 126 valence electrons. The molecule has 0 aliphatic carbocycles. The maximum absolute atomic E-state index is 11.9. The summed E-state index contributed by atoms with van der Waals surface area (Å²) >= 11 is 0. The van der Waals surface area contributed by atoms with Crippen molar-refractivity contribution < 1.29 is 19.4 Å². The van der Waals surface area contributed by atoms with Gasteiger partial charge in [-0.05, 0) is 55.0 Å². The molecule has 0 unspecified atom stereocenters. The zero-order valence-corrected chi connectivity index (χ0v) is 13.6. The number of hydrogen-bond donors (Lipinski definition) is 2. The molecular weight excluding hydrogens is 306 g/mol. The first-order valence-corrected chi connectivity index (χ1v) is 7.97. The average Bonchev–Trinajstić information content (AvgIpc) is 2.59. The zero-order chi connectivity index (χ0) is 17.4. The van der Waals surface area contributed by atoms with Crippen LogP contribution in [-0.4, -0.2) is 23.7 Å². The first-order valence-electron chi connectivity index (χ1n) is 7.97. The summed E-state index contributed by atoms with van der Waals surface area (Å²) in [6.07, 6.45) is 3.02. The predicted molar refractivity (Wildman–Crippen MR) is 92.9 cm³/mol. The van der Waals surface area contributed by atoms with Gasteiger partial charge >= 0.3 is 11.9 Å². The molecule has 0 aromatic heterocycles. The van der Waals surface area contributed by atoms with E-state index in [9.17, 15) is 9.59 Å². The number of esters is 1. The molecule has 0 radical (unpaired) electrons. The summed E-state index contributed by atoms with van der Waals surface area (Å²) in [5, 5.41) is 12.0. The number of nitrogens with one attached hydrogen (secondary N) is 1. The Balaban J connectivity index is 1.91. The second-order valence-corrected chi connectivity index (χ2v) is 5.43. The number of aromatic carboxylic acids is 1. The van der Waals surface area contributed by atoms with E-state index in [-0.39, 0.29) is 11.5 Å². The van der Waals surface area contributed by atoms with Gasteiger partial charge in [-0.15, -0.1) is 0 Å². The number of carboxylic acid groups (broad SMARTS) is 1. The van der Waals surface area contributed by atoms with E-state index in [1.165, 1.54) is 12.1 Å². The molecule has 5 nitrogen and oxygen atoms in total. The molecule has 0 atom stereocenters. The van der Waals surface area contributed by atoms with E-state index in [0.29, 0.717) is 12.2 Å². The van der Waals surface area contributed by atoms with Gasteiger partial charge in [-0.25, -0.2) is 9.59 Å². The van der Waals surface area contributed by atoms with Crippen LogP contribution in [0.4, 0.5) is 11.4 Å². The minimum absolute atomic E-state index is 0.238. The fourth-order valence-corrected chi connectivity index (χ4v) is 2.15. The molecule has 2 rings (SSSR count).